The van der Waals surface area contributed by atoms with Gasteiger partial charge in [-0.15, -0.1) is 0 Å². The van der Waals surface area contributed by atoms with Crippen LogP contribution < -0.4 is 5.32 Å². The van der Waals surface area contributed by atoms with Crippen LogP contribution in [0.3, 0.4) is 0 Å². The van der Waals surface area contributed by atoms with E-state index in [0.29, 0.717) is 0 Å². The first-order chi connectivity index (χ1) is 5.87. The highest BCUT2D eigenvalue weighted by atomic mass is 16.1. The first kappa shape index (κ1) is 14.4. The van der Waals surface area contributed by atoms with Gasteiger partial charge in [-0.1, -0.05) is 13.2 Å². The van der Waals surface area contributed by atoms with Crippen LogP contribution in [0, 0.1) is 0 Å². The van der Waals surface area contributed by atoms with Gasteiger partial charge < -0.3 is 9.80 Å². The average Bonchev–Trinajstić information content (AvgIpc) is 2.02. The molecule has 0 aliphatic rings. The lowest BCUT2D eigenvalue weighted by molar-refractivity contribution is -0.864. The lowest BCUT2D eigenvalue weighted by Gasteiger charge is -2.21. The molecule has 0 aliphatic carbocycles. The third kappa shape index (κ3) is 18.1. The molecule has 1 N–H and O–H groups in total. The molecule has 0 aromatic carbocycles. The Balaban J connectivity index is 0. The van der Waals surface area contributed by atoms with Gasteiger partial charge in [0, 0.05) is 7.05 Å². The van der Waals surface area contributed by atoms with Crippen molar-refractivity contribution in [2.75, 3.05) is 34.7 Å². The van der Waals surface area contributed by atoms with E-state index in [0.717, 1.165) is 11.0 Å². The number of carbonyl (C=O) groups is 1. The summed E-state index contributed by atoms with van der Waals surface area (Å²) in [5, 5.41) is 2.36. The molecule has 0 bridgehead atoms. The lowest BCUT2D eigenvalue weighted by atomic mass is 10.5. The van der Waals surface area contributed by atoms with E-state index in [1.165, 1.54) is 6.08 Å². The smallest absolute Gasteiger partial charge is 0.243 e. The average molecular weight is 185 g/mol. The first-order valence-electron chi connectivity index (χ1n) is 4.13. The fraction of sp³-hybridized carbons (Fsp3) is 0.500. The third-order valence-corrected chi connectivity index (χ3v) is 1.11. The molecule has 0 saturated heterocycles. The Morgan fingerprint density at radius 1 is 1.38 bits per heavy atom. The number of hydrogen-bond acceptors (Lipinski definition) is 1. The molecule has 3 heteroatoms. The lowest BCUT2D eigenvalue weighted by Crippen LogP contribution is -2.33. The molecular formula is C10H21N2O+. The molecule has 1 amide bonds. The van der Waals surface area contributed by atoms with Crippen LogP contribution in [0.25, 0.3) is 0 Å². The Labute approximate surface area is 81.3 Å². The summed E-state index contributed by atoms with van der Waals surface area (Å²) in [6, 6.07) is 0. The van der Waals surface area contributed by atoms with Crippen molar-refractivity contribution in [1.82, 2.24) is 5.32 Å². The SMILES string of the molecule is C=CC(=O)NC.C=CC[N+](C)(C)C. The van der Waals surface area contributed by atoms with E-state index in [4.69, 9.17) is 0 Å². The van der Waals surface area contributed by atoms with E-state index in [1.807, 2.05) is 6.08 Å². The van der Waals surface area contributed by atoms with E-state index in [9.17, 15) is 4.79 Å². The van der Waals surface area contributed by atoms with Gasteiger partial charge in [0.2, 0.25) is 5.91 Å². The van der Waals surface area contributed by atoms with Crippen LogP contribution in [0.15, 0.2) is 25.3 Å². The highest BCUT2D eigenvalue weighted by molar-refractivity contribution is 5.86. The summed E-state index contributed by atoms with van der Waals surface area (Å²) >= 11 is 0. The molecule has 13 heavy (non-hydrogen) atoms. The van der Waals surface area contributed by atoms with Crippen molar-refractivity contribution in [3.63, 3.8) is 0 Å². The number of rotatable bonds is 3. The molecule has 0 unspecified atom stereocenters. The Morgan fingerprint density at radius 2 is 1.85 bits per heavy atom. The van der Waals surface area contributed by atoms with Crippen molar-refractivity contribution < 1.29 is 9.28 Å². The summed E-state index contributed by atoms with van der Waals surface area (Å²) in [7, 11) is 7.98. The van der Waals surface area contributed by atoms with Gasteiger partial charge in [0.25, 0.3) is 0 Å². The second-order valence-electron chi connectivity index (χ2n) is 3.58. The van der Waals surface area contributed by atoms with Crippen molar-refractivity contribution in [3.05, 3.63) is 25.3 Å². The molecular weight excluding hydrogens is 164 g/mol. The van der Waals surface area contributed by atoms with Gasteiger partial charge in [0.15, 0.2) is 0 Å². The number of amides is 1. The van der Waals surface area contributed by atoms with Gasteiger partial charge in [-0.05, 0) is 12.2 Å². The maximum Gasteiger partial charge on any atom is 0.243 e. The standard InChI is InChI=1S/C6H14N.C4H7NO/c1-5-6-7(2,3)4;1-3-4(6)5-2/h5H,1,6H2,2-4H3;3H,1H2,2H3,(H,5,6)/q+1;. The summed E-state index contributed by atoms with van der Waals surface area (Å²) < 4.78 is 0.976. The Kier molecular flexibility index (Phi) is 8.39. The zero-order valence-electron chi connectivity index (χ0n) is 9.13. The number of carbonyl (C=O) groups excluding carboxylic acids is 1. The van der Waals surface area contributed by atoms with E-state index in [2.05, 4.69) is 39.6 Å². The predicted molar refractivity (Wildman–Crippen MR) is 57.4 cm³/mol. The van der Waals surface area contributed by atoms with Crippen LogP contribution >= 0.6 is 0 Å². The molecule has 3 nitrogen and oxygen atoms in total. The summed E-state index contributed by atoms with van der Waals surface area (Å²) in [6.07, 6.45) is 3.15. The van der Waals surface area contributed by atoms with Crippen molar-refractivity contribution in [3.8, 4) is 0 Å². The van der Waals surface area contributed by atoms with Crippen LogP contribution in [0.1, 0.15) is 0 Å². The second kappa shape index (κ2) is 7.55. The van der Waals surface area contributed by atoms with Crippen molar-refractivity contribution >= 4 is 5.91 Å². The normalized spacial score (nSPS) is 9.23. The van der Waals surface area contributed by atoms with Crippen LogP contribution in [0.5, 0.6) is 0 Å². The van der Waals surface area contributed by atoms with Crippen LogP contribution in [0.4, 0.5) is 0 Å². The van der Waals surface area contributed by atoms with Gasteiger partial charge in [0.05, 0.1) is 27.7 Å². The quantitative estimate of drug-likeness (QED) is 0.393. The Morgan fingerprint density at radius 3 is 1.85 bits per heavy atom. The van der Waals surface area contributed by atoms with E-state index in [1.54, 1.807) is 7.05 Å². The summed E-state index contributed by atoms with van der Waals surface area (Å²) in [4.78, 5) is 9.95. The molecule has 0 aliphatic heterocycles. The fourth-order valence-corrected chi connectivity index (χ4v) is 0.489. The first-order valence-corrected chi connectivity index (χ1v) is 4.13. The Hall–Kier alpha value is -1.09. The molecule has 0 atom stereocenters. The highest BCUT2D eigenvalue weighted by Crippen LogP contribution is 1.86. The zero-order chi connectivity index (χ0) is 10.9. The minimum absolute atomic E-state index is 0.144. The van der Waals surface area contributed by atoms with Crippen LogP contribution in [0.2, 0.25) is 0 Å². The monoisotopic (exact) mass is 185 g/mol. The summed E-state index contributed by atoms with van der Waals surface area (Å²) in [5.41, 5.74) is 0. The molecule has 0 rings (SSSR count). The fourth-order valence-electron chi connectivity index (χ4n) is 0.489. The largest absolute Gasteiger partial charge is 0.356 e. The van der Waals surface area contributed by atoms with Gasteiger partial charge in [-0.25, -0.2) is 0 Å². The molecule has 0 saturated carbocycles. The number of nitrogens with zero attached hydrogens (tertiary/aromatic N) is 1. The van der Waals surface area contributed by atoms with Crippen molar-refractivity contribution in [1.29, 1.82) is 0 Å². The van der Waals surface area contributed by atoms with Gasteiger partial charge in [-0.3, -0.25) is 4.79 Å². The van der Waals surface area contributed by atoms with E-state index in [-0.39, 0.29) is 5.91 Å². The molecule has 0 fully saturated rings. The van der Waals surface area contributed by atoms with Crippen molar-refractivity contribution in [2.24, 2.45) is 0 Å². The highest BCUT2D eigenvalue weighted by Gasteiger charge is 1.99. The summed E-state index contributed by atoms with van der Waals surface area (Å²) in [6.45, 7) is 7.89. The van der Waals surface area contributed by atoms with E-state index < -0.39 is 0 Å². The van der Waals surface area contributed by atoms with Gasteiger partial charge in [0.1, 0.15) is 0 Å². The topological polar surface area (TPSA) is 29.1 Å². The molecule has 0 aromatic heterocycles. The number of hydrogen-bond donors (Lipinski definition) is 1. The summed E-state index contributed by atoms with van der Waals surface area (Å²) in [5.74, 6) is -0.144. The maximum absolute atomic E-state index is 9.95. The minimum Gasteiger partial charge on any atom is -0.356 e. The van der Waals surface area contributed by atoms with Gasteiger partial charge in [-0.2, -0.15) is 0 Å². The van der Waals surface area contributed by atoms with Crippen LogP contribution in [-0.2, 0) is 4.79 Å². The molecule has 0 aromatic rings. The number of quaternary nitrogens is 1. The molecule has 0 heterocycles. The van der Waals surface area contributed by atoms with E-state index >= 15 is 0 Å². The second-order valence-corrected chi connectivity index (χ2v) is 3.58. The number of nitrogens with one attached hydrogen (secondary N) is 1. The zero-order valence-corrected chi connectivity index (χ0v) is 9.13. The van der Waals surface area contributed by atoms with Gasteiger partial charge >= 0.3 is 0 Å². The number of likely N-dealkylation sites (N-methyl/N-ethyl adjacent to an activating group) is 2. The third-order valence-electron chi connectivity index (χ3n) is 1.11. The maximum atomic E-state index is 9.95. The van der Waals surface area contributed by atoms with Crippen LogP contribution in [-0.4, -0.2) is 45.1 Å². The van der Waals surface area contributed by atoms with Crippen molar-refractivity contribution in [2.45, 2.75) is 0 Å². The minimum atomic E-state index is -0.144. The Bertz CT molecular complexity index is 168. The molecule has 0 spiro atoms. The molecule has 76 valence electrons. The molecule has 0 radical (unpaired) electrons. The predicted octanol–water partition coefficient (Wildman–Crippen LogP) is 0.797.